The molecular formula is C23H23F3N6O4. The van der Waals surface area contributed by atoms with Crippen molar-refractivity contribution < 1.29 is 32.3 Å². The fourth-order valence-electron chi connectivity index (χ4n) is 3.88. The number of piperidine rings is 1. The van der Waals surface area contributed by atoms with Gasteiger partial charge in [-0.3, -0.25) is 9.59 Å². The predicted octanol–water partition coefficient (Wildman–Crippen LogP) is 4.56. The fourth-order valence-corrected chi connectivity index (χ4v) is 3.88. The summed E-state index contributed by atoms with van der Waals surface area (Å²) in [5.41, 5.74) is -0.359. The monoisotopic (exact) mass is 504 g/mol. The van der Waals surface area contributed by atoms with Crippen LogP contribution in [-0.2, 0) is 11.0 Å². The standard InChI is InChI=1S/C23H23F3N6O4/c1-22(12-18(33)34)8-10-32(11-9-22)17-7-6-16(13-27-17)28-19(35)20-30-31-21(36-20)29-15-4-2-14(3-5-15)23(24,25)26/h2-7,13H,8-12H2,1H3,(H,28,35)(H,29,31)(H,33,34). The molecule has 0 unspecified atom stereocenters. The van der Waals surface area contributed by atoms with Crippen LogP contribution in [0.5, 0.6) is 0 Å². The van der Waals surface area contributed by atoms with E-state index in [-0.39, 0.29) is 29.4 Å². The number of nitrogens with one attached hydrogen (secondary N) is 2. The van der Waals surface area contributed by atoms with Crippen molar-refractivity contribution in [3.63, 3.8) is 0 Å². The van der Waals surface area contributed by atoms with Gasteiger partial charge in [0.2, 0.25) is 0 Å². The number of hydrogen-bond acceptors (Lipinski definition) is 8. The number of amides is 1. The molecule has 1 aliphatic heterocycles. The smallest absolute Gasteiger partial charge is 0.416 e. The second kappa shape index (κ2) is 9.84. The van der Waals surface area contributed by atoms with Gasteiger partial charge in [0.25, 0.3) is 0 Å². The molecule has 1 saturated heterocycles. The summed E-state index contributed by atoms with van der Waals surface area (Å²) in [6, 6.07) is 7.48. The van der Waals surface area contributed by atoms with Crippen molar-refractivity contribution in [2.45, 2.75) is 32.4 Å². The third-order valence-electron chi connectivity index (χ3n) is 5.96. The van der Waals surface area contributed by atoms with Crippen LogP contribution in [0.25, 0.3) is 0 Å². The normalized spacial score (nSPS) is 15.4. The molecule has 1 aliphatic rings. The summed E-state index contributed by atoms with van der Waals surface area (Å²) >= 11 is 0. The van der Waals surface area contributed by atoms with Gasteiger partial charge in [-0.15, -0.1) is 5.10 Å². The molecule has 3 N–H and O–H groups in total. The molecule has 3 heterocycles. The van der Waals surface area contributed by atoms with Crippen LogP contribution in [0.3, 0.4) is 0 Å². The number of carboxylic acids is 1. The van der Waals surface area contributed by atoms with Gasteiger partial charge in [0.15, 0.2) is 0 Å². The SMILES string of the molecule is CC1(CC(=O)O)CCN(c2ccc(NC(=O)c3nnc(Nc4ccc(C(F)(F)F)cc4)o3)cn2)CC1. The molecule has 1 amide bonds. The number of alkyl halides is 3. The van der Waals surface area contributed by atoms with Gasteiger partial charge < -0.3 is 25.1 Å². The quantitative estimate of drug-likeness (QED) is 0.423. The Morgan fingerprint density at radius 2 is 1.75 bits per heavy atom. The van der Waals surface area contributed by atoms with Gasteiger partial charge in [0, 0.05) is 18.8 Å². The number of nitrogens with zero attached hydrogens (tertiary/aromatic N) is 4. The summed E-state index contributed by atoms with van der Waals surface area (Å²) in [7, 11) is 0. The van der Waals surface area contributed by atoms with Crippen molar-refractivity contribution in [2.75, 3.05) is 28.6 Å². The molecule has 2 aromatic heterocycles. The van der Waals surface area contributed by atoms with E-state index in [2.05, 4.69) is 30.7 Å². The van der Waals surface area contributed by atoms with Crippen LogP contribution in [0.15, 0.2) is 47.0 Å². The van der Waals surface area contributed by atoms with Gasteiger partial charge in [0.1, 0.15) is 5.82 Å². The minimum atomic E-state index is -4.45. The number of benzene rings is 1. The summed E-state index contributed by atoms with van der Waals surface area (Å²) in [6.07, 6.45) is -1.36. The first-order chi connectivity index (χ1) is 17.0. The highest BCUT2D eigenvalue weighted by Gasteiger charge is 2.33. The summed E-state index contributed by atoms with van der Waals surface area (Å²) in [5, 5.41) is 21.6. The number of hydrogen-bond donors (Lipinski definition) is 3. The number of anilines is 4. The number of aromatic nitrogens is 3. The van der Waals surface area contributed by atoms with Crippen LogP contribution >= 0.6 is 0 Å². The molecule has 0 bridgehead atoms. The first-order valence-electron chi connectivity index (χ1n) is 11.0. The lowest BCUT2D eigenvalue weighted by molar-refractivity contribution is -0.140. The number of pyridine rings is 1. The zero-order valence-electron chi connectivity index (χ0n) is 19.2. The molecule has 0 saturated carbocycles. The Hall–Kier alpha value is -4.16. The average Bonchev–Trinajstić information content (AvgIpc) is 3.28. The lowest BCUT2D eigenvalue weighted by Crippen LogP contribution is -2.40. The molecule has 0 atom stereocenters. The van der Waals surface area contributed by atoms with E-state index in [0.717, 1.165) is 25.0 Å². The minimum absolute atomic E-state index is 0.135. The van der Waals surface area contributed by atoms with Gasteiger partial charge in [-0.25, -0.2) is 4.98 Å². The molecule has 1 fully saturated rings. The van der Waals surface area contributed by atoms with E-state index in [1.165, 1.54) is 18.3 Å². The van der Waals surface area contributed by atoms with Gasteiger partial charge in [0.05, 0.1) is 23.9 Å². The number of carboxylic acid groups (broad SMARTS) is 1. The summed E-state index contributed by atoms with van der Waals surface area (Å²) < 4.78 is 43.3. The van der Waals surface area contributed by atoms with Crippen LogP contribution < -0.4 is 15.5 Å². The molecular weight excluding hydrogens is 481 g/mol. The van der Waals surface area contributed by atoms with E-state index < -0.39 is 23.6 Å². The topological polar surface area (TPSA) is 133 Å². The molecule has 10 nitrogen and oxygen atoms in total. The Morgan fingerprint density at radius 1 is 1.08 bits per heavy atom. The summed E-state index contributed by atoms with van der Waals surface area (Å²) in [6.45, 7) is 3.34. The highest BCUT2D eigenvalue weighted by Crippen LogP contribution is 2.35. The van der Waals surface area contributed by atoms with Crippen molar-refractivity contribution >= 4 is 35.1 Å². The van der Waals surface area contributed by atoms with Gasteiger partial charge in [-0.2, -0.15) is 13.2 Å². The zero-order chi connectivity index (χ0) is 25.9. The largest absolute Gasteiger partial charge is 0.481 e. The second-order valence-corrected chi connectivity index (χ2v) is 8.84. The molecule has 0 aliphatic carbocycles. The summed E-state index contributed by atoms with van der Waals surface area (Å²) in [4.78, 5) is 29.9. The van der Waals surface area contributed by atoms with E-state index in [0.29, 0.717) is 24.6 Å². The predicted molar refractivity (Wildman–Crippen MR) is 123 cm³/mol. The van der Waals surface area contributed by atoms with Crippen molar-refractivity contribution in [2.24, 2.45) is 5.41 Å². The number of halogens is 3. The molecule has 3 aromatic rings. The molecule has 190 valence electrons. The van der Waals surface area contributed by atoms with E-state index >= 15 is 0 Å². The van der Waals surface area contributed by atoms with Crippen LogP contribution in [0.4, 0.5) is 36.4 Å². The average molecular weight is 504 g/mol. The zero-order valence-corrected chi connectivity index (χ0v) is 19.2. The summed E-state index contributed by atoms with van der Waals surface area (Å²) in [5.74, 6) is -1.11. The number of rotatable bonds is 7. The van der Waals surface area contributed by atoms with E-state index in [4.69, 9.17) is 9.52 Å². The van der Waals surface area contributed by atoms with E-state index in [9.17, 15) is 22.8 Å². The molecule has 36 heavy (non-hydrogen) atoms. The van der Waals surface area contributed by atoms with Crippen LogP contribution in [0, 0.1) is 5.41 Å². The van der Waals surface area contributed by atoms with Crippen molar-refractivity contribution in [1.29, 1.82) is 0 Å². The third-order valence-corrected chi connectivity index (χ3v) is 5.96. The Morgan fingerprint density at radius 3 is 2.33 bits per heavy atom. The number of aliphatic carboxylic acids is 1. The van der Waals surface area contributed by atoms with Crippen LogP contribution in [0.2, 0.25) is 0 Å². The fraction of sp³-hybridized carbons (Fsp3) is 0.348. The van der Waals surface area contributed by atoms with Crippen molar-refractivity contribution in [3.8, 4) is 0 Å². The number of carbonyl (C=O) groups excluding carboxylic acids is 1. The minimum Gasteiger partial charge on any atom is -0.481 e. The first kappa shape index (κ1) is 24.9. The Labute approximate surface area is 203 Å². The van der Waals surface area contributed by atoms with Gasteiger partial charge in [-0.1, -0.05) is 12.0 Å². The second-order valence-electron chi connectivity index (χ2n) is 8.84. The highest BCUT2D eigenvalue weighted by atomic mass is 19.4. The van der Waals surface area contributed by atoms with Crippen molar-refractivity contribution in [1.82, 2.24) is 15.2 Å². The Bertz CT molecular complexity index is 1220. The van der Waals surface area contributed by atoms with Crippen LogP contribution in [-0.4, -0.2) is 45.3 Å². The maximum absolute atomic E-state index is 12.7. The highest BCUT2D eigenvalue weighted by molar-refractivity contribution is 6.00. The van der Waals surface area contributed by atoms with E-state index in [1.807, 2.05) is 6.92 Å². The maximum Gasteiger partial charge on any atom is 0.416 e. The molecule has 0 radical (unpaired) electrons. The third kappa shape index (κ3) is 6.09. The van der Waals surface area contributed by atoms with Gasteiger partial charge in [-0.05, 0) is 54.7 Å². The van der Waals surface area contributed by atoms with E-state index in [1.54, 1.807) is 12.1 Å². The Kier molecular flexibility index (Phi) is 6.82. The molecule has 0 spiro atoms. The lowest BCUT2D eigenvalue weighted by Gasteiger charge is -2.39. The van der Waals surface area contributed by atoms with Crippen LogP contribution in [0.1, 0.15) is 42.4 Å². The molecule has 4 rings (SSSR count). The van der Waals surface area contributed by atoms with Crippen molar-refractivity contribution in [3.05, 3.63) is 54.0 Å². The first-order valence-corrected chi connectivity index (χ1v) is 11.0. The Balaban J connectivity index is 1.31. The number of carbonyl (C=O) groups is 2. The molecule has 1 aromatic carbocycles. The van der Waals surface area contributed by atoms with Gasteiger partial charge >= 0.3 is 30.0 Å². The maximum atomic E-state index is 12.7. The molecule has 13 heteroatoms. The lowest BCUT2D eigenvalue weighted by atomic mass is 9.77.